The first kappa shape index (κ1) is 25.3. The van der Waals surface area contributed by atoms with E-state index in [2.05, 4.69) is 67.1 Å². The Bertz CT molecular complexity index is 1110. The molecule has 0 aliphatic heterocycles. The number of rotatable bonds is 10. The standard InChI is InChI=1S/C30H41N3O2/c1-30(2,3)24-15-7-10-18-27(24)35-22-12-21-33-26-17-9-8-16-25(26)32-28(33)19-11-20-31-29(34)23-13-5-4-6-14-23/h7-10,15-18,23H,4-6,11-14,19-22H2,1-3H3,(H,31,34). The number of nitrogens with one attached hydrogen (secondary N) is 1. The molecule has 2 aromatic carbocycles. The van der Waals surface area contributed by atoms with Gasteiger partial charge in [0, 0.05) is 25.4 Å². The molecule has 5 nitrogen and oxygen atoms in total. The van der Waals surface area contributed by atoms with Gasteiger partial charge in [-0.2, -0.15) is 0 Å². The minimum atomic E-state index is 0.0523. The van der Waals surface area contributed by atoms with Gasteiger partial charge in [0.2, 0.25) is 5.91 Å². The van der Waals surface area contributed by atoms with Gasteiger partial charge in [0.1, 0.15) is 11.6 Å². The highest BCUT2D eigenvalue weighted by Crippen LogP contribution is 2.31. The summed E-state index contributed by atoms with van der Waals surface area (Å²) in [6.07, 6.45) is 8.40. The lowest BCUT2D eigenvalue weighted by Gasteiger charge is -2.22. The fourth-order valence-corrected chi connectivity index (χ4v) is 5.15. The van der Waals surface area contributed by atoms with Gasteiger partial charge in [0.15, 0.2) is 0 Å². The maximum atomic E-state index is 12.4. The monoisotopic (exact) mass is 475 g/mol. The molecule has 1 aliphatic carbocycles. The molecule has 0 unspecified atom stereocenters. The Balaban J connectivity index is 1.32. The molecule has 3 aromatic rings. The number of aromatic nitrogens is 2. The third-order valence-corrected chi connectivity index (χ3v) is 7.06. The van der Waals surface area contributed by atoms with Crippen LogP contribution >= 0.6 is 0 Å². The van der Waals surface area contributed by atoms with Crippen LogP contribution in [0.4, 0.5) is 0 Å². The molecule has 5 heteroatoms. The number of para-hydroxylation sites is 3. The molecule has 1 aliphatic rings. The molecule has 0 bridgehead atoms. The van der Waals surface area contributed by atoms with Crippen LogP contribution in [-0.2, 0) is 23.2 Å². The first-order chi connectivity index (χ1) is 16.9. The number of ether oxygens (including phenoxy) is 1. The Hall–Kier alpha value is -2.82. The smallest absolute Gasteiger partial charge is 0.223 e. The van der Waals surface area contributed by atoms with Crippen molar-refractivity contribution >= 4 is 16.9 Å². The highest BCUT2D eigenvalue weighted by molar-refractivity contribution is 5.78. The van der Waals surface area contributed by atoms with Crippen LogP contribution in [-0.4, -0.2) is 28.6 Å². The van der Waals surface area contributed by atoms with Crippen molar-refractivity contribution in [3.63, 3.8) is 0 Å². The molecule has 0 radical (unpaired) electrons. The Morgan fingerprint density at radius 2 is 1.77 bits per heavy atom. The molecule has 0 spiro atoms. The highest BCUT2D eigenvalue weighted by Gasteiger charge is 2.21. The third kappa shape index (κ3) is 6.65. The number of aryl methyl sites for hydroxylation is 2. The summed E-state index contributed by atoms with van der Waals surface area (Å²) in [5.41, 5.74) is 3.50. The second-order valence-corrected chi connectivity index (χ2v) is 10.8. The molecule has 4 rings (SSSR count). The maximum absolute atomic E-state index is 12.4. The number of benzene rings is 2. The van der Waals surface area contributed by atoms with E-state index in [0.29, 0.717) is 13.2 Å². The number of hydrogen-bond acceptors (Lipinski definition) is 3. The van der Waals surface area contributed by atoms with Gasteiger partial charge in [-0.3, -0.25) is 4.79 Å². The molecule has 1 heterocycles. The molecule has 1 fully saturated rings. The zero-order valence-electron chi connectivity index (χ0n) is 21.7. The van der Waals surface area contributed by atoms with E-state index < -0.39 is 0 Å². The van der Waals surface area contributed by atoms with Crippen molar-refractivity contribution in [1.29, 1.82) is 0 Å². The minimum absolute atomic E-state index is 0.0523. The molecule has 1 amide bonds. The predicted molar refractivity (Wildman–Crippen MR) is 143 cm³/mol. The van der Waals surface area contributed by atoms with Crippen molar-refractivity contribution in [2.24, 2.45) is 5.92 Å². The average Bonchev–Trinajstić information content (AvgIpc) is 3.22. The van der Waals surface area contributed by atoms with Gasteiger partial charge in [0.25, 0.3) is 0 Å². The lowest BCUT2D eigenvalue weighted by atomic mass is 9.86. The zero-order valence-corrected chi connectivity index (χ0v) is 21.7. The third-order valence-electron chi connectivity index (χ3n) is 7.06. The van der Waals surface area contributed by atoms with Gasteiger partial charge in [-0.1, -0.05) is 70.4 Å². The average molecular weight is 476 g/mol. The number of nitrogens with zero attached hydrogens (tertiary/aromatic N) is 2. The van der Waals surface area contributed by atoms with Crippen LogP contribution in [0.5, 0.6) is 5.75 Å². The fourth-order valence-electron chi connectivity index (χ4n) is 5.15. The van der Waals surface area contributed by atoms with Crippen LogP contribution in [0.1, 0.15) is 77.1 Å². The van der Waals surface area contributed by atoms with E-state index in [1.807, 2.05) is 12.1 Å². The first-order valence-electron chi connectivity index (χ1n) is 13.4. The SMILES string of the molecule is CC(C)(C)c1ccccc1OCCCn1c(CCCNC(=O)C2CCCCC2)nc2ccccc21. The summed E-state index contributed by atoms with van der Waals surface area (Å²) in [5, 5.41) is 3.17. The summed E-state index contributed by atoms with van der Waals surface area (Å²) in [7, 11) is 0. The first-order valence-corrected chi connectivity index (χ1v) is 13.4. The summed E-state index contributed by atoms with van der Waals surface area (Å²) >= 11 is 0. The van der Waals surface area contributed by atoms with Crippen LogP contribution in [0.15, 0.2) is 48.5 Å². The molecule has 0 atom stereocenters. The van der Waals surface area contributed by atoms with E-state index in [9.17, 15) is 4.79 Å². The van der Waals surface area contributed by atoms with Crippen LogP contribution in [0.3, 0.4) is 0 Å². The van der Waals surface area contributed by atoms with Gasteiger partial charge < -0.3 is 14.6 Å². The number of hydrogen-bond donors (Lipinski definition) is 1. The van der Waals surface area contributed by atoms with Crippen LogP contribution in [0.2, 0.25) is 0 Å². The van der Waals surface area contributed by atoms with E-state index >= 15 is 0 Å². The van der Waals surface area contributed by atoms with Crippen molar-refractivity contribution in [1.82, 2.24) is 14.9 Å². The minimum Gasteiger partial charge on any atom is -0.493 e. The van der Waals surface area contributed by atoms with Crippen molar-refractivity contribution in [2.45, 2.75) is 84.1 Å². The lowest BCUT2D eigenvalue weighted by Crippen LogP contribution is -2.32. The summed E-state index contributed by atoms with van der Waals surface area (Å²) in [6, 6.07) is 16.7. The fraction of sp³-hybridized carbons (Fsp3) is 0.533. The summed E-state index contributed by atoms with van der Waals surface area (Å²) < 4.78 is 8.55. The molecule has 188 valence electrons. The number of amides is 1. The Morgan fingerprint density at radius 1 is 1.03 bits per heavy atom. The summed E-state index contributed by atoms with van der Waals surface area (Å²) in [6.45, 7) is 8.90. The molecule has 1 N–H and O–H groups in total. The van der Waals surface area contributed by atoms with Crippen LogP contribution in [0, 0.1) is 5.92 Å². The van der Waals surface area contributed by atoms with E-state index in [1.165, 1.54) is 30.3 Å². The number of imidazole rings is 1. The molecule has 1 aromatic heterocycles. The normalized spacial score (nSPS) is 14.8. The maximum Gasteiger partial charge on any atom is 0.223 e. The summed E-state index contributed by atoms with van der Waals surface area (Å²) in [5.74, 6) is 2.53. The van der Waals surface area contributed by atoms with Gasteiger partial charge in [-0.25, -0.2) is 4.98 Å². The molecule has 1 saturated carbocycles. The van der Waals surface area contributed by atoms with Gasteiger partial charge >= 0.3 is 0 Å². The van der Waals surface area contributed by atoms with E-state index in [4.69, 9.17) is 9.72 Å². The molecule has 35 heavy (non-hydrogen) atoms. The van der Waals surface area contributed by atoms with Crippen molar-refractivity contribution in [3.05, 3.63) is 59.9 Å². The predicted octanol–water partition coefficient (Wildman–Crippen LogP) is 6.43. The molecule has 0 saturated heterocycles. The van der Waals surface area contributed by atoms with Crippen molar-refractivity contribution in [2.75, 3.05) is 13.2 Å². The second kappa shape index (κ2) is 11.7. The van der Waals surface area contributed by atoms with Gasteiger partial charge in [0.05, 0.1) is 17.6 Å². The summed E-state index contributed by atoms with van der Waals surface area (Å²) in [4.78, 5) is 17.4. The van der Waals surface area contributed by atoms with E-state index in [1.54, 1.807) is 0 Å². The number of fused-ring (bicyclic) bond motifs is 1. The van der Waals surface area contributed by atoms with Crippen molar-refractivity contribution < 1.29 is 9.53 Å². The highest BCUT2D eigenvalue weighted by atomic mass is 16.5. The van der Waals surface area contributed by atoms with E-state index in [-0.39, 0.29) is 17.2 Å². The Labute approximate surface area is 210 Å². The Morgan fingerprint density at radius 3 is 2.57 bits per heavy atom. The van der Waals surface area contributed by atoms with Gasteiger partial charge in [-0.15, -0.1) is 0 Å². The number of carbonyl (C=O) groups is 1. The number of carbonyl (C=O) groups excluding carboxylic acids is 1. The van der Waals surface area contributed by atoms with Crippen LogP contribution in [0.25, 0.3) is 11.0 Å². The van der Waals surface area contributed by atoms with Crippen molar-refractivity contribution in [3.8, 4) is 5.75 Å². The Kier molecular flexibility index (Phi) is 8.48. The van der Waals surface area contributed by atoms with Crippen LogP contribution < -0.4 is 10.1 Å². The molecular formula is C30H41N3O2. The lowest BCUT2D eigenvalue weighted by molar-refractivity contribution is -0.125. The quantitative estimate of drug-likeness (QED) is 0.344. The van der Waals surface area contributed by atoms with Gasteiger partial charge in [-0.05, 0) is 54.9 Å². The second-order valence-electron chi connectivity index (χ2n) is 10.8. The largest absolute Gasteiger partial charge is 0.493 e. The molecular weight excluding hydrogens is 434 g/mol. The topological polar surface area (TPSA) is 56.1 Å². The van der Waals surface area contributed by atoms with E-state index in [0.717, 1.165) is 55.7 Å². The zero-order chi connectivity index (χ0) is 24.7.